The molecule has 0 saturated heterocycles. The molecule has 0 fully saturated rings. The SMILES string of the molecule is CCCCOc1cc(Br)cc(C)c1N. The van der Waals surface area contributed by atoms with Crippen LogP contribution < -0.4 is 10.5 Å². The number of halogens is 1. The van der Waals surface area contributed by atoms with Crippen LogP contribution in [0.5, 0.6) is 5.75 Å². The Morgan fingerprint density at radius 3 is 2.79 bits per heavy atom. The average Bonchev–Trinajstić information content (AvgIpc) is 2.13. The highest BCUT2D eigenvalue weighted by molar-refractivity contribution is 9.10. The molecule has 14 heavy (non-hydrogen) atoms. The van der Waals surface area contributed by atoms with Crippen LogP contribution in [0.4, 0.5) is 5.69 Å². The van der Waals surface area contributed by atoms with E-state index in [1.807, 2.05) is 19.1 Å². The van der Waals surface area contributed by atoms with Gasteiger partial charge in [-0.25, -0.2) is 0 Å². The molecule has 3 heteroatoms. The highest BCUT2D eigenvalue weighted by Crippen LogP contribution is 2.29. The van der Waals surface area contributed by atoms with Gasteiger partial charge in [0.2, 0.25) is 0 Å². The summed E-state index contributed by atoms with van der Waals surface area (Å²) in [6.07, 6.45) is 2.19. The molecule has 0 bridgehead atoms. The molecule has 0 aliphatic heterocycles. The zero-order chi connectivity index (χ0) is 10.6. The molecule has 2 N–H and O–H groups in total. The minimum atomic E-state index is 0.733. The van der Waals surface area contributed by atoms with Gasteiger partial charge in [-0.2, -0.15) is 0 Å². The van der Waals surface area contributed by atoms with Gasteiger partial charge in [0, 0.05) is 4.47 Å². The molecule has 0 saturated carbocycles. The molecule has 0 unspecified atom stereocenters. The summed E-state index contributed by atoms with van der Waals surface area (Å²) in [6, 6.07) is 3.90. The highest BCUT2D eigenvalue weighted by atomic mass is 79.9. The number of aryl methyl sites for hydroxylation is 1. The van der Waals surface area contributed by atoms with Gasteiger partial charge in [-0.3, -0.25) is 0 Å². The number of anilines is 1. The van der Waals surface area contributed by atoms with Crippen LogP contribution in [-0.2, 0) is 0 Å². The first kappa shape index (κ1) is 11.4. The lowest BCUT2D eigenvalue weighted by Gasteiger charge is -2.10. The molecule has 0 heterocycles. The molecule has 78 valence electrons. The molecular formula is C11H16BrNO. The average molecular weight is 258 g/mol. The number of benzene rings is 1. The van der Waals surface area contributed by atoms with Gasteiger partial charge in [-0.15, -0.1) is 0 Å². The number of nitrogen functional groups attached to an aromatic ring is 1. The van der Waals surface area contributed by atoms with E-state index in [9.17, 15) is 0 Å². The minimum Gasteiger partial charge on any atom is -0.491 e. The summed E-state index contributed by atoms with van der Waals surface area (Å²) in [5.74, 6) is 0.783. The Bertz CT molecular complexity index is 312. The van der Waals surface area contributed by atoms with E-state index < -0.39 is 0 Å². The first-order chi connectivity index (χ1) is 6.65. The largest absolute Gasteiger partial charge is 0.491 e. The zero-order valence-electron chi connectivity index (χ0n) is 8.64. The number of rotatable bonds is 4. The first-order valence-electron chi connectivity index (χ1n) is 4.83. The van der Waals surface area contributed by atoms with Crippen molar-refractivity contribution in [3.05, 3.63) is 22.2 Å². The Kier molecular flexibility index (Phi) is 4.26. The summed E-state index contributed by atoms with van der Waals surface area (Å²) in [7, 11) is 0. The van der Waals surface area contributed by atoms with Gasteiger partial charge in [0.15, 0.2) is 0 Å². The van der Waals surface area contributed by atoms with Gasteiger partial charge in [0.1, 0.15) is 5.75 Å². The van der Waals surface area contributed by atoms with E-state index in [0.717, 1.165) is 40.9 Å². The molecule has 1 aromatic carbocycles. The minimum absolute atomic E-state index is 0.733. The predicted octanol–water partition coefficient (Wildman–Crippen LogP) is 3.52. The van der Waals surface area contributed by atoms with Crippen LogP contribution in [0.2, 0.25) is 0 Å². The van der Waals surface area contributed by atoms with Crippen LogP contribution in [0.1, 0.15) is 25.3 Å². The Balaban J connectivity index is 2.75. The molecular weight excluding hydrogens is 242 g/mol. The summed E-state index contributed by atoms with van der Waals surface area (Å²) in [5.41, 5.74) is 7.68. The molecule has 1 aromatic rings. The van der Waals surface area contributed by atoms with Crippen LogP contribution in [0.25, 0.3) is 0 Å². The number of nitrogens with two attached hydrogens (primary N) is 1. The van der Waals surface area contributed by atoms with Crippen molar-refractivity contribution in [2.24, 2.45) is 0 Å². The second-order valence-corrected chi connectivity index (χ2v) is 4.25. The standard InChI is InChI=1S/C11H16BrNO/c1-3-4-5-14-10-7-9(12)6-8(2)11(10)13/h6-7H,3-5,13H2,1-2H3. The fraction of sp³-hybridized carbons (Fsp3) is 0.455. The lowest BCUT2D eigenvalue weighted by atomic mass is 10.2. The van der Waals surface area contributed by atoms with Crippen molar-refractivity contribution in [2.45, 2.75) is 26.7 Å². The molecule has 1 rings (SSSR count). The second-order valence-electron chi connectivity index (χ2n) is 3.34. The van der Waals surface area contributed by atoms with Gasteiger partial charge >= 0.3 is 0 Å². The van der Waals surface area contributed by atoms with E-state index in [1.165, 1.54) is 0 Å². The molecule has 0 amide bonds. The maximum atomic E-state index is 5.89. The molecule has 0 aliphatic carbocycles. The molecule has 2 nitrogen and oxygen atoms in total. The van der Waals surface area contributed by atoms with Crippen molar-refractivity contribution in [3.63, 3.8) is 0 Å². The van der Waals surface area contributed by atoms with Crippen molar-refractivity contribution in [2.75, 3.05) is 12.3 Å². The number of unbranched alkanes of at least 4 members (excludes halogenated alkanes) is 1. The zero-order valence-corrected chi connectivity index (χ0v) is 10.2. The van der Waals surface area contributed by atoms with Gasteiger partial charge < -0.3 is 10.5 Å². The molecule has 0 radical (unpaired) electrons. The fourth-order valence-corrected chi connectivity index (χ4v) is 1.72. The van der Waals surface area contributed by atoms with Crippen LogP contribution in [0, 0.1) is 6.92 Å². The number of hydrogen-bond donors (Lipinski definition) is 1. The second kappa shape index (κ2) is 5.25. The lowest BCUT2D eigenvalue weighted by Crippen LogP contribution is -2.01. The molecule has 0 aromatic heterocycles. The first-order valence-corrected chi connectivity index (χ1v) is 5.63. The van der Waals surface area contributed by atoms with Crippen molar-refractivity contribution >= 4 is 21.6 Å². The third-order valence-corrected chi connectivity index (χ3v) is 2.53. The Hall–Kier alpha value is -0.700. The Morgan fingerprint density at radius 1 is 1.43 bits per heavy atom. The quantitative estimate of drug-likeness (QED) is 0.662. The van der Waals surface area contributed by atoms with Gasteiger partial charge in [-0.05, 0) is 31.0 Å². The van der Waals surface area contributed by atoms with Crippen molar-refractivity contribution < 1.29 is 4.74 Å². The number of hydrogen-bond acceptors (Lipinski definition) is 2. The van der Waals surface area contributed by atoms with E-state index in [2.05, 4.69) is 22.9 Å². The Morgan fingerprint density at radius 2 is 2.14 bits per heavy atom. The summed E-state index contributed by atoms with van der Waals surface area (Å²) in [5, 5.41) is 0. The van der Waals surface area contributed by atoms with Crippen LogP contribution in [0.3, 0.4) is 0 Å². The van der Waals surface area contributed by atoms with Gasteiger partial charge in [-0.1, -0.05) is 29.3 Å². The van der Waals surface area contributed by atoms with Crippen LogP contribution in [0.15, 0.2) is 16.6 Å². The summed E-state index contributed by atoms with van der Waals surface area (Å²) >= 11 is 3.42. The van der Waals surface area contributed by atoms with Gasteiger partial charge in [0.05, 0.1) is 12.3 Å². The fourth-order valence-electron chi connectivity index (χ4n) is 1.17. The van der Waals surface area contributed by atoms with Crippen LogP contribution in [-0.4, -0.2) is 6.61 Å². The predicted molar refractivity (Wildman–Crippen MR) is 63.7 cm³/mol. The third kappa shape index (κ3) is 2.91. The third-order valence-electron chi connectivity index (χ3n) is 2.07. The van der Waals surface area contributed by atoms with Crippen molar-refractivity contribution in [1.29, 1.82) is 0 Å². The topological polar surface area (TPSA) is 35.2 Å². The normalized spacial score (nSPS) is 10.2. The van der Waals surface area contributed by atoms with Crippen molar-refractivity contribution in [1.82, 2.24) is 0 Å². The molecule has 0 atom stereocenters. The summed E-state index contributed by atoms with van der Waals surface area (Å²) in [4.78, 5) is 0. The summed E-state index contributed by atoms with van der Waals surface area (Å²) < 4.78 is 6.59. The Labute approximate surface area is 93.6 Å². The lowest BCUT2D eigenvalue weighted by molar-refractivity contribution is 0.310. The van der Waals surface area contributed by atoms with Gasteiger partial charge in [0.25, 0.3) is 0 Å². The highest BCUT2D eigenvalue weighted by Gasteiger charge is 2.04. The van der Waals surface area contributed by atoms with E-state index in [-0.39, 0.29) is 0 Å². The van der Waals surface area contributed by atoms with E-state index >= 15 is 0 Å². The smallest absolute Gasteiger partial charge is 0.143 e. The van der Waals surface area contributed by atoms with Crippen LogP contribution >= 0.6 is 15.9 Å². The summed E-state index contributed by atoms with van der Waals surface area (Å²) in [6.45, 7) is 4.85. The monoisotopic (exact) mass is 257 g/mol. The van der Waals surface area contributed by atoms with E-state index in [4.69, 9.17) is 10.5 Å². The van der Waals surface area contributed by atoms with Crippen molar-refractivity contribution in [3.8, 4) is 5.75 Å². The number of ether oxygens (including phenoxy) is 1. The van der Waals surface area contributed by atoms with E-state index in [1.54, 1.807) is 0 Å². The molecule has 0 spiro atoms. The molecule has 0 aliphatic rings. The maximum absolute atomic E-state index is 5.89. The maximum Gasteiger partial charge on any atom is 0.143 e. The van der Waals surface area contributed by atoms with E-state index in [0.29, 0.717) is 0 Å².